The van der Waals surface area contributed by atoms with Crippen LogP contribution in [0.5, 0.6) is 51.7 Å². The van der Waals surface area contributed by atoms with Crippen molar-refractivity contribution in [3.05, 3.63) is 437 Å². The van der Waals surface area contributed by atoms with E-state index in [-0.39, 0.29) is 75.0 Å². The lowest BCUT2D eigenvalue weighted by molar-refractivity contribution is 0.0990. The molecule has 0 spiro atoms. The molecule has 4 amide bonds. The fraction of sp³-hybridized carbons (Fsp3) is 0.0841. The lowest BCUT2D eigenvalue weighted by atomic mass is 10.0. The van der Waals surface area contributed by atoms with Crippen LogP contribution in [-0.2, 0) is 13.0 Å². The standard InChI is InChI=1S/C23H17NO3.C22H21NO3.C21H19NO3.C21H21NO2.C20H15F2NO2/c25-21-11-7-19(8-12-21)24(20-9-13-22(26)14-10-20)23(27)18-6-5-16-3-1-2-4-17(16)15-18;1-2-3-16-4-6-17(7-5-16)22(26)23(18-8-12-20(24)13-9-18)19-10-14-21(25)15-11-19;1-14-4-3-5-20(15(14)2)21(25)22(16-6-10-18(23)11-7-16)17-8-12-19(24)13-9-17;1-15-4-3-5-17(16(15)2)14-22(18-6-10-20(23)11-7-18)19-8-12-21(24)13-9-19;1-13-2-3-14(12-19(13)22)20(25)23(16-6-4-15(21)5-7-16)17-8-10-18(24)11-9-17/h1-15,25-26H;4-15,24-25H,2-3H2,1H3;3-13,23-24H,1-2H3;3-13,23-24H,14H2,1-2H3;2-12,24H,1H3. The summed E-state index contributed by atoms with van der Waals surface area (Å²) in [6, 6.07) is 102. The second kappa shape index (κ2) is 41.9. The molecule has 127 heavy (non-hydrogen) atoms. The highest BCUT2D eigenvalue weighted by Crippen LogP contribution is 2.38. The van der Waals surface area contributed by atoms with Crippen molar-refractivity contribution in [1.82, 2.24) is 0 Å². The highest BCUT2D eigenvalue weighted by molar-refractivity contribution is 6.14. The van der Waals surface area contributed by atoms with Crippen LogP contribution in [0.1, 0.15) is 93.7 Å². The Kier molecular flexibility index (Phi) is 29.6. The molecule has 0 saturated carbocycles. The molecule has 16 aromatic carbocycles. The summed E-state index contributed by atoms with van der Waals surface area (Å²) in [7, 11) is 0. The van der Waals surface area contributed by atoms with Crippen LogP contribution in [0.2, 0.25) is 0 Å². The van der Waals surface area contributed by atoms with Gasteiger partial charge in [0.1, 0.15) is 63.4 Å². The number of amides is 4. The molecule has 0 aliphatic heterocycles. The van der Waals surface area contributed by atoms with E-state index in [0.717, 1.165) is 46.1 Å². The molecular formula is C107H93F2N5O13. The molecule has 0 saturated heterocycles. The van der Waals surface area contributed by atoms with E-state index in [1.165, 1.54) is 106 Å². The third-order valence-corrected chi connectivity index (χ3v) is 21.0. The van der Waals surface area contributed by atoms with E-state index in [1.54, 1.807) is 191 Å². The van der Waals surface area contributed by atoms with Crippen molar-refractivity contribution in [1.29, 1.82) is 0 Å². The number of hydrogen-bond acceptors (Lipinski definition) is 14. The van der Waals surface area contributed by atoms with Crippen LogP contribution < -0.4 is 24.5 Å². The number of rotatable bonds is 18. The van der Waals surface area contributed by atoms with Crippen molar-refractivity contribution in [2.45, 2.75) is 60.9 Å². The summed E-state index contributed by atoms with van der Waals surface area (Å²) in [5, 5.41) is 88.0. The summed E-state index contributed by atoms with van der Waals surface area (Å²) in [4.78, 5) is 61.0. The van der Waals surface area contributed by atoms with Gasteiger partial charge in [-0.15, -0.1) is 0 Å². The van der Waals surface area contributed by atoms with E-state index < -0.39 is 17.5 Å². The van der Waals surface area contributed by atoms with Crippen molar-refractivity contribution in [2.75, 3.05) is 24.5 Å². The summed E-state index contributed by atoms with van der Waals surface area (Å²) in [5.74, 6) is -0.572. The number of nitrogens with zero attached hydrogens (tertiary/aromatic N) is 5. The summed E-state index contributed by atoms with van der Waals surface area (Å²) in [6.45, 7) is 12.6. The Hall–Kier alpha value is -16.5. The average Bonchev–Trinajstić information content (AvgIpc) is 0.811. The van der Waals surface area contributed by atoms with Gasteiger partial charge in [0.2, 0.25) is 0 Å². The van der Waals surface area contributed by atoms with Gasteiger partial charge in [-0.1, -0.05) is 92.2 Å². The molecule has 0 bridgehead atoms. The second-order valence-corrected chi connectivity index (χ2v) is 29.9. The van der Waals surface area contributed by atoms with Crippen LogP contribution in [0.3, 0.4) is 0 Å². The zero-order chi connectivity index (χ0) is 90.4. The lowest BCUT2D eigenvalue weighted by Gasteiger charge is -2.26. The van der Waals surface area contributed by atoms with Gasteiger partial charge < -0.3 is 50.9 Å². The van der Waals surface area contributed by atoms with Gasteiger partial charge in [-0.25, -0.2) is 8.78 Å². The minimum absolute atomic E-state index is 0.0524. The topological polar surface area (TPSA) is 267 Å². The van der Waals surface area contributed by atoms with Gasteiger partial charge in [0.15, 0.2) is 0 Å². The van der Waals surface area contributed by atoms with E-state index in [1.807, 2.05) is 111 Å². The monoisotopic (exact) mass is 1690 g/mol. The number of carbonyl (C=O) groups excluding carboxylic acids is 4. The molecule has 16 aromatic rings. The second-order valence-electron chi connectivity index (χ2n) is 29.9. The summed E-state index contributed by atoms with van der Waals surface area (Å²) >= 11 is 0. The Balaban J connectivity index is 0.000000144. The Labute approximate surface area is 735 Å². The van der Waals surface area contributed by atoms with Gasteiger partial charge in [-0.3, -0.25) is 38.8 Å². The molecule has 0 aromatic heterocycles. The number of carbonyl (C=O) groups is 4. The minimum Gasteiger partial charge on any atom is -0.508 e. The third-order valence-electron chi connectivity index (χ3n) is 21.0. The highest BCUT2D eigenvalue weighted by Gasteiger charge is 2.27. The number of fused-ring (bicyclic) bond motifs is 1. The third kappa shape index (κ3) is 23.2. The van der Waals surface area contributed by atoms with Gasteiger partial charge in [0.25, 0.3) is 23.6 Å². The van der Waals surface area contributed by atoms with E-state index >= 15 is 0 Å². The number of aryl methyl sites for hydroxylation is 4. The number of halogens is 2. The maximum atomic E-state index is 13.9. The van der Waals surface area contributed by atoms with Crippen molar-refractivity contribution >= 4 is 91.3 Å². The first-order chi connectivity index (χ1) is 61.2. The van der Waals surface area contributed by atoms with Crippen LogP contribution in [0.25, 0.3) is 10.8 Å². The summed E-state index contributed by atoms with van der Waals surface area (Å²) in [5.41, 5.74) is 16.0. The van der Waals surface area contributed by atoms with Gasteiger partial charge in [0.05, 0.1) is 0 Å². The predicted octanol–water partition coefficient (Wildman–Crippen LogP) is 25.0. The summed E-state index contributed by atoms with van der Waals surface area (Å²) in [6.07, 6.45) is 2.04. The van der Waals surface area contributed by atoms with Crippen LogP contribution in [-0.4, -0.2) is 69.6 Å². The van der Waals surface area contributed by atoms with Crippen LogP contribution in [0.15, 0.2) is 364 Å². The van der Waals surface area contributed by atoms with Crippen LogP contribution in [0, 0.1) is 46.3 Å². The molecule has 0 aliphatic carbocycles. The normalized spacial score (nSPS) is 10.6. The highest BCUT2D eigenvalue weighted by atomic mass is 19.1. The molecule has 20 heteroatoms. The van der Waals surface area contributed by atoms with E-state index in [4.69, 9.17) is 0 Å². The molecule has 0 radical (unpaired) electrons. The zero-order valence-corrected chi connectivity index (χ0v) is 70.4. The number of phenolic OH excluding ortho intramolecular Hbond substituents is 9. The van der Waals surface area contributed by atoms with Crippen LogP contribution >= 0.6 is 0 Å². The maximum absolute atomic E-state index is 13.9. The van der Waals surface area contributed by atoms with Gasteiger partial charge >= 0.3 is 0 Å². The molecular weight excluding hydrogens is 1600 g/mol. The average molecular weight is 1690 g/mol. The minimum atomic E-state index is -0.476. The number of hydrogen-bond donors (Lipinski definition) is 9. The number of benzene rings is 16. The van der Waals surface area contributed by atoms with E-state index in [2.05, 4.69) is 43.9 Å². The van der Waals surface area contributed by atoms with Gasteiger partial charge in [-0.05, 0) is 376 Å². The van der Waals surface area contributed by atoms with E-state index in [0.29, 0.717) is 74.3 Å². The zero-order valence-electron chi connectivity index (χ0n) is 70.4. The molecule has 0 unspecified atom stereocenters. The lowest BCUT2D eigenvalue weighted by Crippen LogP contribution is -2.26. The first kappa shape index (κ1) is 89.8. The van der Waals surface area contributed by atoms with Crippen molar-refractivity contribution in [3.63, 3.8) is 0 Å². The molecule has 9 N–H and O–H groups in total. The molecule has 0 aliphatic rings. The fourth-order valence-electron chi connectivity index (χ4n) is 13.7. The van der Waals surface area contributed by atoms with Crippen molar-refractivity contribution in [3.8, 4) is 51.7 Å². The number of aromatic hydroxyl groups is 9. The fourth-order valence-corrected chi connectivity index (χ4v) is 13.7. The van der Waals surface area contributed by atoms with Crippen molar-refractivity contribution in [2.24, 2.45) is 0 Å². The van der Waals surface area contributed by atoms with E-state index in [9.17, 15) is 73.9 Å². The van der Waals surface area contributed by atoms with Crippen LogP contribution in [0.4, 0.5) is 65.7 Å². The molecule has 0 fully saturated rings. The Bertz CT molecular complexity index is 6200. The predicted molar refractivity (Wildman–Crippen MR) is 498 cm³/mol. The molecule has 18 nitrogen and oxygen atoms in total. The molecule has 638 valence electrons. The van der Waals surface area contributed by atoms with Crippen molar-refractivity contribution < 1.29 is 73.9 Å². The number of anilines is 10. The smallest absolute Gasteiger partial charge is 0.263 e. The summed E-state index contributed by atoms with van der Waals surface area (Å²) < 4.78 is 27.1. The quantitative estimate of drug-likeness (QED) is 0.0387. The largest absolute Gasteiger partial charge is 0.508 e. The first-order valence-electron chi connectivity index (χ1n) is 40.6. The molecule has 16 rings (SSSR count). The first-order valence-corrected chi connectivity index (χ1v) is 40.6. The molecule has 0 atom stereocenters. The van der Waals surface area contributed by atoms with Gasteiger partial charge in [0, 0.05) is 85.7 Å². The van der Waals surface area contributed by atoms with Gasteiger partial charge in [-0.2, -0.15) is 0 Å². The molecule has 0 heterocycles. The Morgan fingerprint density at radius 2 is 0.567 bits per heavy atom. The maximum Gasteiger partial charge on any atom is 0.263 e. The SMILES string of the molecule is CCCc1ccc(C(=O)N(c2ccc(O)cc2)c2ccc(O)cc2)cc1.Cc1ccc(C(=O)N(c2ccc(O)cc2)c2ccc(F)cc2)cc1F.Cc1cccc(C(=O)N(c2ccc(O)cc2)c2ccc(O)cc2)c1C.Cc1cccc(CN(c2ccc(O)cc2)c2ccc(O)cc2)c1C.O=C(c1ccc2ccccc2c1)N(c1ccc(O)cc1)c1ccc(O)cc1. The Morgan fingerprint density at radius 1 is 0.268 bits per heavy atom. The Morgan fingerprint density at radius 3 is 0.929 bits per heavy atom. The number of phenols is 9.